The second-order valence-corrected chi connectivity index (χ2v) is 4.59. The molecule has 4 heteroatoms. The lowest BCUT2D eigenvalue weighted by atomic mass is 11.0. The SMILES string of the molecule is CSSc1nccs1. The molecule has 44 valence electrons. The highest BCUT2D eigenvalue weighted by molar-refractivity contribution is 8.76. The van der Waals surface area contributed by atoms with Crippen molar-refractivity contribution in [2.45, 2.75) is 4.34 Å². The van der Waals surface area contributed by atoms with Crippen molar-refractivity contribution in [1.82, 2.24) is 4.98 Å². The number of thiazole rings is 1. The predicted octanol–water partition coefficient (Wildman–Crippen LogP) is 2.51. The Bertz CT molecular complexity index is 137. The minimum absolute atomic E-state index is 1.14. The van der Waals surface area contributed by atoms with Gasteiger partial charge in [-0.15, -0.1) is 11.3 Å². The molecule has 0 saturated heterocycles. The molecule has 1 aromatic heterocycles. The van der Waals surface area contributed by atoms with Crippen LogP contribution in [0.3, 0.4) is 0 Å². The Morgan fingerprint density at radius 2 is 2.62 bits per heavy atom. The maximum Gasteiger partial charge on any atom is 0.160 e. The van der Waals surface area contributed by atoms with Crippen molar-refractivity contribution in [2.75, 3.05) is 6.26 Å². The summed E-state index contributed by atoms with van der Waals surface area (Å²) in [7, 11) is 3.43. The maximum atomic E-state index is 4.07. The van der Waals surface area contributed by atoms with Crippen molar-refractivity contribution in [3.05, 3.63) is 11.6 Å². The lowest BCUT2D eigenvalue weighted by Crippen LogP contribution is -1.56. The summed E-state index contributed by atoms with van der Waals surface area (Å²) in [6.07, 6.45) is 3.87. The van der Waals surface area contributed by atoms with Gasteiger partial charge in [-0.3, -0.25) is 0 Å². The third kappa shape index (κ3) is 1.69. The second kappa shape index (κ2) is 3.37. The summed E-state index contributed by atoms with van der Waals surface area (Å²) in [6, 6.07) is 0. The zero-order valence-electron chi connectivity index (χ0n) is 4.33. The topological polar surface area (TPSA) is 12.9 Å². The van der Waals surface area contributed by atoms with Crippen molar-refractivity contribution in [3.63, 3.8) is 0 Å². The van der Waals surface area contributed by atoms with Gasteiger partial charge in [0.25, 0.3) is 0 Å². The molecule has 1 aromatic rings. The van der Waals surface area contributed by atoms with E-state index in [4.69, 9.17) is 0 Å². The molecular weight excluding hydrogens is 158 g/mol. The number of aromatic nitrogens is 1. The van der Waals surface area contributed by atoms with Crippen LogP contribution in [0.4, 0.5) is 0 Å². The van der Waals surface area contributed by atoms with Crippen molar-refractivity contribution in [3.8, 4) is 0 Å². The van der Waals surface area contributed by atoms with Crippen LogP contribution in [0.1, 0.15) is 0 Å². The van der Waals surface area contributed by atoms with Crippen LogP contribution < -0.4 is 0 Å². The van der Waals surface area contributed by atoms with Crippen LogP contribution in [-0.2, 0) is 0 Å². The first-order valence-electron chi connectivity index (χ1n) is 2.03. The quantitative estimate of drug-likeness (QED) is 0.622. The molecule has 0 aliphatic heterocycles. The van der Waals surface area contributed by atoms with Crippen LogP contribution in [0.25, 0.3) is 0 Å². The van der Waals surface area contributed by atoms with Gasteiger partial charge in [0.15, 0.2) is 4.34 Å². The highest BCUT2D eigenvalue weighted by atomic mass is 33.1. The molecular formula is C4H5NS3. The molecule has 0 atom stereocenters. The second-order valence-electron chi connectivity index (χ2n) is 1.05. The first-order valence-corrected chi connectivity index (χ1v) is 5.47. The van der Waals surface area contributed by atoms with Crippen molar-refractivity contribution < 1.29 is 0 Å². The summed E-state index contributed by atoms with van der Waals surface area (Å²) in [5, 5.41) is 1.98. The summed E-state index contributed by atoms with van der Waals surface area (Å²) in [5.74, 6) is 0. The molecule has 1 heterocycles. The van der Waals surface area contributed by atoms with Gasteiger partial charge in [-0.1, -0.05) is 10.8 Å². The van der Waals surface area contributed by atoms with Gasteiger partial charge in [0, 0.05) is 11.6 Å². The third-order valence-corrected chi connectivity index (χ3v) is 3.37. The molecule has 0 aliphatic rings. The average molecular weight is 163 g/mol. The summed E-state index contributed by atoms with van der Waals surface area (Å²) < 4.78 is 1.14. The Hall–Kier alpha value is 0.330. The van der Waals surface area contributed by atoms with Crippen molar-refractivity contribution in [2.24, 2.45) is 0 Å². The van der Waals surface area contributed by atoms with Crippen molar-refractivity contribution in [1.29, 1.82) is 0 Å². The molecule has 0 aliphatic carbocycles. The van der Waals surface area contributed by atoms with E-state index in [1.54, 1.807) is 32.9 Å². The predicted molar refractivity (Wildman–Crippen MR) is 41.5 cm³/mol. The van der Waals surface area contributed by atoms with Gasteiger partial charge in [-0.2, -0.15) is 0 Å². The minimum atomic E-state index is 1.14. The van der Waals surface area contributed by atoms with E-state index in [2.05, 4.69) is 4.98 Å². The summed E-state index contributed by atoms with van der Waals surface area (Å²) in [6.45, 7) is 0. The highest BCUT2D eigenvalue weighted by Gasteiger charge is 1.90. The van der Waals surface area contributed by atoms with E-state index < -0.39 is 0 Å². The molecule has 1 nitrogen and oxygen atoms in total. The summed E-state index contributed by atoms with van der Waals surface area (Å²) in [4.78, 5) is 4.07. The number of rotatable bonds is 2. The average Bonchev–Trinajstić information content (AvgIpc) is 2.19. The van der Waals surface area contributed by atoms with Gasteiger partial charge in [0.2, 0.25) is 0 Å². The van der Waals surface area contributed by atoms with Crippen LogP contribution in [0, 0.1) is 0 Å². The van der Waals surface area contributed by atoms with E-state index in [0.29, 0.717) is 0 Å². The molecule has 1 rings (SSSR count). The Morgan fingerprint density at radius 3 is 3.12 bits per heavy atom. The van der Waals surface area contributed by atoms with Gasteiger partial charge in [-0.05, 0) is 17.0 Å². The fourth-order valence-corrected chi connectivity index (χ4v) is 2.78. The van der Waals surface area contributed by atoms with E-state index in [1.165, 1.54) is 0 Å². The van der Waals surface area contributed by atoms with Crippen LogP contribution in [-0.4, -0.2) is 11.2 Å². The first-order chi connectivity index (χ1) is 3.93. The molecule has 0 bridgehead atoms. The molecule has 8 heavy (non-hydrogen) atoms. The third-order valence-electron chi connectivity index (χ3n) is 0.564. The van der Waals surface area contributed by atoms with Gasteiger partial charge in [-0.25, -0.2) is 4.98 Å². The van der Waals surface area contributed by atoms with E-state index >= 15 is 0 Å². The summed E-state index contributed by atoms with van der Waals surface area (Å²) in [5.41, 5.74) is 0. The van der Waals surface area contributed by atoms with Gasteiger partial charge in [0.05, 0.1) is 0 Å². The van der Waals surface area contributed by atoms with Crippen LogP contribution in [0.15, 0.2) is 15.9 Å². The Kier molecular flexibility index (Phi) is 2.72. The molecule has 0 fully saturated rings. The smallest absolute Gasteiger partial charge is 0.160 e. The monoisotopic (exact) mass is 163 g/mol. The maximum absolute atomic E-state index is 4.07. The number of hydrogen-bond donors (Lipinski definition) is 0. The summed E-state index contributed by atoms with van der Waals surface area (Å²) >= 11 is 1.68. The zero-order valence-corrected chi connectivity index (χ0v) is 6.78. The molecule has 0 N–H and O–H groups in total. The van der Waals surface area contributed by atoms with Gasteiger partial charge >= 0.3 is 0 Å². The molecule has 0 saturated carbocycles. The van der Waals surface area contributed by atoms with Crippen LogP contribution in [0.5, 0.6) is 0 Å². The van der Waals surface area contributed by atoms with E-state index in [-0.39, 0.29) is 0 Å². The van der Waals surface area contributed by atoms with E-state index in [1.807, 2.05) is 17.8 Å². The molecule has 0 unspecified atom stereocenters. The first kappa shape index (κ1) is 6.45. The zero-order chi connectivity index (χ0) is 5.82. The fraction of sp³-hybridized carbons (Fsp3) is 0.250. The van der Waals surface area contributed by atoms with E-state index in [0.717, 1.165) is 4.34 Å². The Balaban J connectivity index is 2.50. The normalized spacial score (nSPS) is 9.62. The van der Waals surface area contributed by atoms with Crippen LogP contribution in [0.2, 0.25) is 0 Å². The highest BCUT2D eigenvalue weighted by Crippen LogP contribution is 2.29. The largest absolute Gasteiger partial charge is 0.237 e. The van der Waals surface area contributed by atoms with Crippen LogP contribution >= 0.6 is 32.9 Å². The van der Waals surface area contributed by atoms with Gasteiger partial charge < -0.3 is 0 Å². The number of hydrogen-bond acceptors (Lipinski definition) is 4. The number of nitrogens with zero attached hydrogens (tertiary/aromatic N) is 1. The Morgan fingerprint density at radius 1 is 1.75 bits per heavy atom. The lowest BCUT2D eigenvalue weighted by Gasteiger charge is -1.83. The Labute approximate surface area is 60.3 Å². The van der Waals surface area contributed by atoms with E-state index in [9.17, 15) is 0 Å². The lowest BCUT2D eigenvalue weighted by molar-refractivity contribution is 1.26. The standard InChI is InChI=1S/C4H5NS3/c1-6-8-4-5-2-3-7-4/h2-3H,1H3. The van der Waals surface area contributed by atoms with Crippen molar-refractivity contribution >= 4 is 32.9 Å². The molecule has 0 radical (unpaired) electrons. The minimum Gasteiger partial charge on any atom is -0.237 e. The molecule has 0 amide bonds. The molecule has 0 spiro atoms. The van der Waals surface area contributed by atoms with Gasteiger partial charge in [0.1, 0.15) is 0 Å². The fourth-order valence-electron chi connectivity index (χ4n) is 0.323. The molecule has 0 aromatic carbocycles.